The van der Waals surface area contributed by atoms with Crippen molar-refractivity contribution in [3.05, 3.63) is 93.3 Å². The van der Waals surface area contributed by atoms with Gasteiger partial charge < -0.3 is 20.4 Å². The van der Waals surface area contributed by atoms with Crippen LogP contribution < -0.4 is 16.0 Å². The second-order valence-electron chi connectivity index (χ2n) is 9.63. The number of nitrogens with two attached hydrogens (primary N) is 1. The van der Waals surface area contributed by atoms with Crippen LogP contribution in [-0.2, 0) is 28.0 Å². The van der Waals surface area contributed by atoms with Crippen molar-refractivity contribution in [2.45, 2.75) is 38.5 Å². The molecule has 2 aromatic carbocycles. The minimum absolute atomic E-state index is 0.0611. The van der Waals surface area contributed by atoms with Gasteiger partial charge in [-0.15, -0.1) is 11.6 Å². The van der Waals surface area contributed by atoms with Crippen molar-refractivity contribution < 1.29 is 24.0 Å². The molecule has 2 amide bonds. The molecule has 1 aliphatic heterocycles. The van der Waals surface area contributed by atoms with Crippen molar-refractivity contribution in [3.8, 4) is 0 Å². The average Bonchev–Trinajstić information content (AvgIpc) is 3.44. The van der Waals surface area contributed by atoms with Gasteiger partial charge in [0.15, 0.2) is 0 Å². The van der Waals surface area contributed by atoms with Gasteiger partial charge in [0.2, 0.25) is 5.91 Å². The van der Waals surface area contributed by atoms with E-state index in [1.807, 2.05) is 6.92 Å². The molecule has 1 aliphatic rings. The number of alkyl halides is 1. The Morgan fingerprint density at radius 1 is 1.17 bits per heavy atom. The lowest BCUT2D eigenvalue weighted by atomic mass is 10.00. The monoisotopic (exact) mass is 579 g/mol. The molecule has 41 heavy (non-hydrogen) atoms. The topological polar surface area (TPSA) is 150 Å². The first kappa shape index (κ1) is 29.5. The van der Waals surface area contributed by atoms with E-state index in [1.165, 1.54) is 35.2 Å². The molecular weight excluding hydrogens is 550 g/mol. The first-order chi connectivity index (χ1) is 19.6. The number of amides is 2. The molecule has 3 N–H and O–H groups in total. The molecule has 11 nitrogen and oxygen atoms in total. The number of nitrogens with zero attached hydrogens (tertiary/aromatic N) is 3. The summed E-state index contributed by atoms with van der Waals surface area (Å²) in [6, 6.07) is 12.3. The van der Waals surface area contributed by atoms with Gasteiger partial charge in [-0.1, -0.05) is 13.0 Å². The number of esters is 1. The van der Waals surface area contributed by atoms with Crippen LogP contribution in [0.5, 0.6) is 0 Å². The number of hydrogen-bond acceptors (Lipinski definition) is 7. The number of fused-ring (bicyclic) bond motifs is 1. The Morgan fingerprint density at radius 3 is 2.56 bits per heavy atom. The van der Waals surface area contributed by atoms with Gasteiger partial charge in [-0.3, -0.25) is 24.6 Å². The number of carbonyl (C=O) groups excluding carboxylic acids is 3. The zero-order valence-electron chi connectivity index (χ0n) is 22.6. The highest BCUT2D eigenvalue weighted by molar-refractivity contribution is 6.19. The van der Waals surface area contributed by atoms with Crippen molar-refractivity contribution in [3.63, 3.8) is 0 Å². The van der Waals surface area contributed by atoms with E-state index in [0.717, 1.165) is 12.0 Å². The molecule has 2 unspecified atom stereocenters. The number of rotatable bonds is 10. The number of carbonyl (C=O) groups is 3. The molecule has 0 spiro atoms. The van der Waals surface area contributed by atoms with Crippen LogP contribution in [0.15, 0.2) is 60.8 Å². The number of anilines is 2. The van der Waals surface area contributed by atoms with E-state index in [4.69, 9.17) is 22.1 Å². The Morgan fingerprint density at radius 2 is 1.90 bits per heavy atom. The van der Waals surface area contributed by atoms with E-state index in [-0.39, 0.29) is 35.6 Å². The van der Waals surface area contributed by atoms with Gasteiger partial charge in [0.05, 0.1) is 28.0 Å². The Labute approximate surface area is 241 Å². The number of nitrogens with one attached hydrogen (secondary N) is 1. The number of nitro groups is 1. The third-order valence-electron chi connectivity index (χ3n) is 6.76. The lowest BCUT2D eigenvalue weighted by Gasteiger charge is -2.23. The number of nitro benzene ring substituents is 1. The van der Waals surface area contributed by atoms with Gasteiger partial charge >= 0.3 is 5.97 Å². The predicted octanol–water partition coefficient (Wildman–Crippen LogP) is 4.70. The Kier molecular flexibility index (Phi) is 9.21. The number of hydrogen-bond donors (Lipinski definition) is 2. The van der Waals surface area contributed by atoms with Crippen molar-refractivity contribution in [2.24, 2.45) is 12.8 Å². The van der Waals surface area contributed by atoms with E-state index in [1.54, 1.807) is 48.2 Å². The Balaban J connectivity index is 1.51. The van der Waals surface area contributed by atoms with Crippen LogP contribution in [0.3, 0.4) is 0 Å². The van der Waals surface area contributed by atoms with Crippen molar-refractivity contribution in [1.29, 1.82) is 0 Å². The molecule has 0 saturated carbocycles. The molecule has 0 saturated heterocycles. The molecule has 214 valence electrons. The van der Waals surface area contributed by atoms with Crippen LogP contribution in [0.4, 0.5) is 17.1 Å². The molecule has 4 rings (SSSR count). The molecule has 0 aliphatic carbocycles. The summed E-state index contributed by atoms with van der Waals surface area (Å²) in [5.74, 6) is -1.29. The number of aryl methyl sites for hydroxylation is 1. The van der Waals surface area contributed by atoms with Crippen LogP contribution in [0, 0.1) is 10.1 Å². The van der Waals surface area contributed by atoms with Gasteiger partial charge in [0, 0.05) is 55.4 Å². The number of non-ortho nitro benzene ring substituents is 1. The summed E-state index contributed by atoms with van der Waals surface area (Å²) in [5.41, 5.74) is 9.69. The maximum atomic E-state index is 13.4. The van der Waals surface area contributed by atoms with Crippen LogP contribution in [-0.4, -0.2) is 39.3 Å². The fraction of sp³-hybridized carbons (Fsp3) is 0.276. The van der Waals surface area contributed by atoms with Gasteiger partial charge in [-0.2, -0.15) is 0 Å². The highest BCUT2D eigenvalue weighted by atomic mass is 35.5. The van der Waals surface area contributed by atoms with E-state index >= 15 is 0 Å². The van der Waals surface area contributed by atoms with E-state index in [9.17, 15) is 24.5 Å². The summed E-state index contributed by atoms with van der Waals surface area (Å²) >= 11 is 6.20. The standard InChI is InChI=1S/C29H30ClN5O6/c1-3-4-26(36)32-20-14-22(33(2)16-20)10-12-27(37)34-25-13-19(7-11-23(25)24(15-30)28(34)31)29(38)41-17-18-5-8-21(9-6-18)35(39)40/h5-14,16,24,28H,3-4,15,17,31H2,1-2H3,(H,32,36)/b12-10+. The highest BCUT2D eigenvalue weighted by Crippen LogP contribution is 2.40. The SMILES string of the molecule is CCCC(=O)Nc1cc(/C=C/C(=O)N2c3cc(C(=O)OCc4ccc([N+](=O)[O-])cc4)ccc3C(CCl)C2N)n(C)c1. The first-order valence-corrected chi connectivity index (χ1v) is 13.5. The van der Waals surface area contributed by atoms with Crippen molar-refractivity contribution >= 4 is 52.5 Å². The molecule has 1 aromatic heterocycles. The summed E-state index contributed by atoms with van der Waals surface area (Å²) in [7, 11) is 1.80. The van der Waals surface area contributed by atoms with E-state index < -0.39 is 23.0 Å². The molecule has 3 aromatic rings. The predicted molar refractivity (Wildman–Crippen MR) is 156 cm³/mol. The molecule has 0 radical (unpaired) electrons. The van der Waals surface area contributed by atoms with Crippen molar-refractivity contribution in [2.75, 3.05) is 16.1 Å². The Bertz CT molecular complexity index is 1500. The Hall–Kier alpha value is -4.48. The lowest BCUT2D eigenvalue weighted by Crippen LogP contribution is -2.45. The molecule has 0 fully saturated rings. The lowest BCUT2D eigenvalue weighted by molar-refractivity contribution is -0.384. The van der Waals surface area contributed by atoms with E-state index in [0.29, 0.717) is 29.1 Å². The van der Waals surface area contributed by atoms with E-state index in [2.05, 4.69) is 5.32 Å². The second kappa shape index (κ2) is 12.8. The third kappa shape index (κ3) is 6.64. The summed E-state index contributed by atoms with van der Waals surface area (Å²) in [5, 5.41) is 13.7. The van der Waals surface area contributed by atoms with Gasteiger partial charge in [0.25, 0.3) is 11.6 Å². The quantitative estimate of drug-likeness (QED) is 0.116. The maximum Gasteiger partial charge on any atom is 0.338 e. The summed E-state index contributed by atoms with van der Waals surface area (Å²) in [6.45, 7) is 1.84. The summed E-state index contributed by atoms with van der Waals surface area (Å²) in [6.07, 6.45) is 5.17. The minimum atomic E-state index is -0.747. The number of ether oxygens (including phenoxy) is 1. The molecule has 2 heterocycles. The normalized spacial score (nSPS) is 16.0. The van der Waals surface area contributed by atoms with Crippen LogP contribution in [0.2, 0.25) is 0 Å². The summed E-state index contributed by atoms with van der Waals surface area (Å²) in [4.78, 5) is 49.9. The molecular formula is C29H30ClN5O6. The second-order valence-corrected chi connectivity index (χ2v) is 9.94. The first-order valence-electron chi connectivity index (χ1n) is 13.0. The minimum Gasteiger partial charge on any atom is -0.457 e. The maximum absolute atomic E-state index is 13.4. The number of benzene rings is 2. The third-order valence-corrected chi connectivity index (χ3v) is 7.09. The van der Waals surface area contributed by atoms with Gasteiger partial charge in [-0.25, -0.2) is 4.79 Å². The molecule has 0 bridgehead atoms. The largest absolute Gasteiger partial charge is 0.457 e. The molecule has 2 atom stereocenters. The smallest absolute Gasteiger partial charge is 0.338 e. The van der Waals surface area contributed by atoms with Gasteiger partial charge in [0.1, 0.15) is 6.61 Å². The summed E-state index contributed by atoms with van der Waals surface area (Å²) < 4.78 is 7.18. The number of halogens is 1. The average molecular weight is 580 g/mol. The fourth-order valence-electron chi connectivity index (χ4n) is 4.61. The zero-order valence-corrected chi connectivity index (χ0v) is 23.3. The van der Waals surface area contributed by atoms with Crippen molar-refractivity contribution in [1.82, 2.24) is 4.57 Å². The number of aromatic nitrogens is 1. The van der Waals surface area contributed by atoms with Crippen LogP contribution in [0.1, 0.15) is 52.9 Å². The molecule has 12 heteroatoms. The fourth-order valence-corrected chi connectivity index (χ4v) is 4.96. The van der Waals surface area contributed by atoms with Crippen LogP contribution in [0.25, 0.3) is 6.08 Å². The van der Waals surface area contributed by atoms with Gasteiger partial charge in [-0.05, 0) is 54.0 Å². The van der Waals surface area contributed by atoms with Crippen LogP contribution >= 0.6 is 11.6 Å². The highest BCUT2D eigenvalue weighted by Gasteiger charge is 2.39. The zero-order chi connectivity index (χ0) is 29.7.